The van der Waals surface area contributed by atoms with Gasteiger partial charge in [-0.1, -0.05) is 31.5 Å². The van der Waals surface area contributed by atoms with Gasteiger partial charge in [0.05, 0.1) is 0 Å². The van der Waals surface area contributed by atoms with Crippen LogP contribution in [0.1, 0.15) is 39.5 Å². The average Bonchev–Trinajstić information content (AvgIpc) is 2.35. The second-order valence-corrected chi connectivity index (χ2v) is 4.66. The maximum atomic E-state index is 10.6. The van der Waals surface area contributed by atoms with Gasteiger partial charge in [0.15, 0.2) is 0 Å². The van der Waals surface area contributed by atoms with Crippen molar-refractivity contribution in [3.63, 3.8) is 0 Å². The number of carbonyl (C=O) groups is 1. The summed E-state index contributed by atoms with van der Waals surface area (Å²) in [6.07, 6.45) is 3.20. The van der Waals surface area contributed by atoms with Crippen LogP contribution in [0.3, 0.4) is 0 Å². The fraction of sp³-hybridized carbons (Fsp3) is 0.533. The van der Waals surface area contributed by atoms with Gasteiger partial charge in [-0.15, -0.1) is 0 Å². The predicted molar refractivity (Wildman–Crippen MR) is 75.0 cm³/mol. The van der Waals surface area contributed by atoms with Gasteiger partial charge in [0.1, 0.15) is 0 Å². The van der Waals surface area contributed by atoms with E-state index >= 15 is 0 Å². The summed E-state index contributed by atoms with van der Waals surface area (Å²) in [6.45, 7) is 5.19. The summed E-state index contributed by atoms with van der Waals surface area (Å²) in [5.74, 6) is -0.717. The lowest BCUT2D eigenvalue weighted by molar-refractivity contribution is -0.137. The molecule has 18 heavy (non-hydrogen) atoms. The topological polar surface area (TPSA) is 40.5 Å². The molecule has 0 aliphatic heterocycles. The van der Waals surface area contributed by atoms with E-state index in [2.05, 4.69) is 30.9 Å². The van der Waals surface area contributed by atoms with Crippen molar-refractivity contribution < 1.29 is 9.90 Å². The molecule has 3 nitrogen and oxygen atoms in total. The van der Waals surface area contributed by atoms with Crippen LogP contribution in [-0.4, -0.2) is 23.7 Å². The van der Waals surface area contributed by atoms with E-state index in [-0.39, 0.29) is 6.42 Å². The van der Waals surface area contributed by atoms with E-state index in [1.165, 1.54) is 5.69 Å². The van der Waals surface area contributed by atoms with Gasteiger partial charge >= 0.3 is 5.97 Å². The Morgan fingerprint density at radius 3 is 2.56 bits per heavy atom. The number of rotatable bonds is 8. The summed E-state index contributed by atoms with van der Waals surface area (Å²) < 4.78 is 0. The molecule has 0 heterocycles. The molecule has 0 amide bonds. The van der Waals surface area contributed by atoms with Gasteiger partial charge < -0.3 is 10.0 Å². The maximum Gasteiger partial charge on any atom is 0.303 e. The number of hydrogen-bond donors (Lipinski definition) is 1. The first-order valence-corrected chi connectivity index (χ1v) is 6.68. The van der Waals surface area contributed by atoms with Crippen molar-refractivity contribution in [1.82, 2.24) is 0 Å². The van der Waals surface area contributed by atoms with E-state index in [9.17, 15) is 4.79 Å². The maximum absolute atomic E-state index is 10.6. The Balaban J connectivity index is 2.66. The Kier molecular flexibility index (Phi) is 6.26. The first-order valence-electron chi connectivity index (χ1n) is 6.68. The lowest BCUT2D eigenvalue weighted by Gasteiger charge is -2.31. The lowest BCUT2D eigenvalue weighted by Crippen LogP contribution is -2.34. The van der Waals surface area contributed by atoms with Crippen LogP contribution in [0, 0.1) is 0 Å². The largest absolute Gasteiger partial charge is 0.481 e. The fourth-order valence-electron chi connectivity index (χ4n) is 2.20. The summed E-state index contributed by atoms with van der Waals surface area (Å²) in [5.41, 5.74) is 1.18. The van der Waals surface area contributed by atoms with Crippen LogP contribution in [0.15, 0.2) is 30.3 Å². The second-order valence-electron chi connectivity index (χ2n) is 4.66. The Labute approximate surface area is 109 Å². The number of anilines is 1. The van der Waals surface area contributed by atoms with Gasteiger partial charge in [-0.05, 0) is 31.9 Å². The third kappa shape index (κ3) is 4.78. The average molecular weight is 249 g/mol. The SMILES string of the molecule is CCCC(C)N(CCCC(=O)O)c1ccccc1. The predicted octanol–water partition coefficient (Wildman–Crippen LogP) is 3.55. The zero-order valence-electron chi connectivity index (χ0n) is 11.3. The molecule has 1 aromatic carbocycles. The van der Waals surface area contributed by atoms with E-state index in [1.807, 2.05) is 18.2 Å². The van der Waals surface area contributed by atoms with E-state index < -0.39 is 5.97 Å². The normalized spacial score (nSPS) is 12.1. The summed E-state index contributed by atoms with van der Waals surface area (Å²) in [7, 11) is 0. The molecule has 0 saturated heterocycles. The van der Waals surface area contributed by atoms with Crippen LogP contribution in [0.5, 0.6) is 0 Å². The second kappa shape index (κ2) is 7.75. The Morgan fingerprint density at radius 1 is 1.33 bits per heavy atom. The third-order valence-electron chi connectivity index (χ3n) is 3.12. The van der Waals surface area contributed by atoms with Crippen molar-refractivity contribution in [2.75, 3.05) is 11.4 Å². The smallest absolute Gasteiger partial charge is 0.303 e. The molecule has 0 aromatic heterocycles. The Morgan fingerprint density at radius 2 is 2.00 bits per heavy atom. The van der Waals surface area contributed by atoms with Crippen LogP contribution in [0.4, 0.5) is 5.69 Å². The van der Waals surface area contributed by atoms with Gasteiger partial charge in [0, 0.05) is 24.7 Å². The van der Waals surface area contributed by atoms with Crippen molar-refractivity contribution >= 4 is 11.7 Å². The molecule has 0 aliphatic rings. The van der Waals surface area contributed by atoms with Crippen LogP contribution in [0.2, 0.25) is 0 Å². The van der Waals surface area contributed by atoms with Crippen molar-refractivity contribution in [2.24, 2.45) is 0 Å². The quantitative estimate of drug-likeness (QED) is 0.766. The zero-order valence-corrected chi connectivity index (χ0v) is 11.3. The van der Waals surface area contributed by atoms with Crippen molar-refractivity contribution in [1.29, 1.82) is 0 Å². The molecule has 1 rings (SSSR count). The zero-order chi connectivity index (χ0) is 13.4. The van der Waals surface area contributed by atoms with E-state index in [1.54, 1.807) is 0 Å². The van der Waals surface area contributed by atoms with Crippen LogP contribution in [-0.2, 0) is 4.79 Å². The van der Waals surface area contributed by atoms with Crippen LogP contribution in [0.25, 0.3) is 0 Å². The van der Waals surface area contributed by atoms with Gasteiger partial charge in [0.2, 0.25) is 0 Å². The number of nitrogens with zero attached hydrogens (tertiary/aromatic N) is 1. The molecule has 0 fully saturated rings. The molecule has 100 valence electrons. The van der Waals surface area contributed by atoms with Crippen LogP contribution >= 0.6 is 0 Å². The monoisotopic (exact) mass is 249 g/mol. The molecule has 0 spiro atoms. The van der Waals surface area contributed by atoms with Crippen molar-refractivity contribution in [3.8, 4) is 0 Å². The molecule has 3 heteroatoms. The number of carboxylic acid groups (broad SMARTS) is 1. The fourth-order valence-corrected chi connectivity index (χ4v) is 2.20. The van der Waals surface area contributed by atoms with E-state index in [0.29, 0.717) is 12.5 Å². The Hall–Kier alpha value is -1.51. The molecular formula is C15H23NO2. The molecular weight excluding hydrogens is 226 g/mol. The van der Waals surface area contributed by atoms with Gasteiger partial charge in [-0.2, -0.15) is 0 Å². The van der Waals surface area contributed by atoms with E-state index in [0.717, 1.165) is 19.4 Å². The number of para-hydroxylation sites is 1. The van der Waals surface area contributed by atoms with Crippen molar-refractivity contribution in [3.05, 3.63) is 30.3 Å². The lowest BCUT2D eigenvalue weighted by atomic mass is 10.1. The van der Waals surface area contributed by atoms with Gasteiger partial charge in [-0.3, -0.25) is 4.79 Å². The number of benzene rings is 1. The molecule has 0 aliphatic carbocycles. The highest BCUT2D eigenvalue weighted by Gasteiger charge is 2.13. The minimum Gasteiger partial charge on any atom is -0.481 e. The Bertz CT molecular complexity index is 351. The molecule has 1 atom stereocenters. The minimum atomic E-state index is -0.717. The molecule has 1 N–H and O–H groups in total. The number of carboxylic acids is 1. The summed E-state index contributed by atoms with van der Waals surface area (Å²) in [4.78, 5) is 12.9. The summed E-state index contributed by atoms with van der Waals surface area (Å²) >= 11 is 0. The van der Waals surface area contributed by atoms with Gasteiger partial charge in [-0.25, -0.2) is 0 Å². The van der Waals surface area contributed by atoms with Crippen LogP contribution < -0.4 is 4.90 Å². The molecule has 0 radical (unpaired) electrons. The molecule has 1 unspecified atom stereocenters. The molecule has 0 bridgehead atoms. The van der Waals surface area contributed by atoms with E-state index in [4.69, 9.17) is 5.11 Å². The number of hydrogen-bond acceptors (Lipinski definition) is 2. The molecule has 0 saturated carbocycles. The minimum absolute atomic E-state index is 0.238. The first-order chi connectivity index (χ1) is 8.65. The highest BCUT2D eigenvalue weighted by Crippen LogP contribution is 2.19. The van der Waals surface area contributed by atoms with Gasteiger partial charge in [0.25, 0.3) is 0 Å². The highest BCUT2D eigenvalue weighted by molar-refractivity contribution is 5.66. The third-order valence-corrected chi connectivity index (χ3v) is 3.12. The highest BCUT2D eigenvalue weighted by atomic mass is 16.4. The standard InChI is InChI=1S/C15H23NO2/c1-3-8-13(2)16(12-7-11-15(17)18)14-9-5-4-6-10-14/h4-6,9-10,13H,3,7-8,11-12H2,1-2H3,(H,17,18). The number of aliphatic carboxylic acids is 1. The summed E-state index contributed by atoms with van der Waals surface area (Å²) in [6, 6.07) is 10.7. The summed E-state index contributed by atoms with van der Waals surface area (Å²) in [5, 5.41) is 8.72. The van der Waals surface area contributed by atoms with Crippen molar-refractivity contribution in [2.45, 2.75) is 45.6 Å². The first kappa shape index (κ1) is 14.6. The molecule has 1 aromatic rings.